The predicted octanol–water partition coefficient (Wildman–Crippen LogP) is 3.72. The van der Waals surface area contributed by atoms with Crippen molar-refractivity contribution in [3.8, 4) is 0 Å². The number of carbonyl (C=O) groups excluding carboxylic acids is 2. The smallest absolute Gasteiger partial charge is 0.255 e. The standard InChI is InChI=1S/C24H31N3O4S/c1-18-12-13-20(16-19(18)2)27(32(3,30)31)17-23(28)25-22-11-7-6-10-21(22)24(29)26-14-8-4-5-9-15-26/h6-7,10-13,16H,4-5,8-9,14-15,17H2,1-3H3,(H,25,28). The summed E-state index contributed by atoms with van der Waals surface area (Å²) in [5.41, 5.74) is 3.21. The van der Waals surface area contributed by atoms with E-state index < -0.39 is 15.9 Å². The highest BCUT2D eigenvalue weighted by Crippen LogP contribution is 2.23. The number of carbonyl (C=O) groups is 2. The molecule has 0 radical (unpaired) electrons. The Morgan fingerprint density at radius 1 is 0.969 bits per heavy atom. The third-order valence-corrected chi connectivity index (χ3v) is 6.93. The Balaban J connectivity index is 1.80. The lowest BCUT2D eigenvalue weighted by atomic mass is 10.1. The molecule has 1 aliphatic heterocycles. The summed E-state index contributed by atoms with van der Waals surface area (Å²) in [4.78, 5) is 27.8. The second-order valence-corrected chi connectivity index (χ2v) is 10.2. The van der Waals surface area contributed by atoms with E-state index in [2.05, 4.69) is 5.32 Å². The lowest BCUT2D eigenvalue weighted by Gasteiger charge is -2.24. The molecule has 0 bridgehead atoms. The van der Waals surface area contributed by atoms with Gasteiger partial charge in [-0.05, 0) is 62.1 Å². The third-order valence-electron chi connectivity index (χ3n) is 5.79. The Hall–Kier alpha value is -2.87. The fraction of sp³-hybridized carbons (Fsp3) is 0.417. The molecule has 2 aromatic rings. The van der Waals surface area contributed by atoms with Crippen molar-refractivity contribution in [2.24, 2.45) is 0 Å². The third kappa shape index (κ3) is 5.88. The molecule has 0 spiro atoms. The Labute approximate surface area is 190 Å². The molecule has 1 fully saturated rings. The van der Waals surface area contributed by atoms with Gasteiger partial charge in [-0.15, -0.1) is 0 Å². The summed E-state index contributed by atoms with van der Waals surface area (Å²) in [7, 11) is -3.69. The van der Waals surface area contributed by atoms with Crippen LogP contribution in [0.4, 0.5) is 11.4 Å². The highest BCUT2D eigenvalue weighted by atomic mass is 32.2. The first-order valence-electron chi connectivity index (χ1n) is 10.9. The Morgan fingerprint density at radius 3 is 2.25 bits per heavy atom. The monoisotopic (exact) mass is 457 g/mol. The van der Waals surface area contributed by atoms with Crippen LogP contribution in [-0.4, -0.2) is 51.0 Å². The summed E-state index contributed by atoms with van der Waals surface area (Å²) in [5.74, 6) is -0.623. The zero-order valence-electron chi connectivity index (χ0n) is 18.9. The molecule has 2 amide bonds. The number of amides is 2. The largest absolute Gasteiger partial charge is 0.339 e. The first-order valence-corrected chi connectivity index (χ1v) is 12.7. The Kier molecular flexibility index (Phi) is 7.56. The molecular weight excluding hydrogens is 426 g/mol. The minimum Gasteiger partial charge on any atom is -0.339 e. The van der Waals surface area contributed by atoms with Crippen LogP contribution in [0.25, 0.3) is 0 Å². The molecule has 1 saturated heterocycles. The summed E-state index contributed by atoms with van der Waals surface area (Å²) >= 11 is 0. The number of likely N-dealkylation sites (tertiary alicyclic amines) is 1. The predicted molar refractivity (Wildman–Crippen MR) is 128 cm³/mol. The minimum atomic E-state index is -3.69. The van der Waals surface area contributed by atoms with Crippen molar-refractivity contribution in [2.45, 2.75) is 39.5 Å². The summed E-state index contributed by atoms with van der Waals surface area (Å²) in [6.45, 7) is 4.86. The summed E-state index contributed by atoms with van der Waals surface area (Å²) in [6.07, 6.45) is 5.25. The number of sulfonamides is 1. The molecule has 8 heteroatoms. The molecule has 7 nitrogen and oxygen atoms in total. The first kappa shape index (κ1) is 23.8. The minimum absolute atomic E-state index is 0.114. The van der Waals surface area contributed by atoms with Crippen molar-refractivity contribution in [2.75, 3.05) is 35.5 Å². The van der Waals surface area contributed by atoms with Crippen molar-refractivity contribution < 1.29 is 18.0 Å². The number of anilines is 2. The van der Waals surface area contributed by atoms with E-state index in [1.807, 2.05) is 24.8 Å². The van der Waals surface area contributed by atoms with Gasteiger partial charge in [-0.25, -0.2) is 8.42 Å². The maximum Gasteiger partial charge on any atom is 0.255 e. The number of hydrogen-bond donors (Lipinski definition) is 1. The number of nitrogens with zero attached hydrogens (tertiary/aromatic N) is 2. The van der Waals surface area contributed by atoms with Crippen molar-refractivity contribution in [1.82, 2.24) is 4.90 Å². The Morgan fingerprint density at radius 2 is 1.62 bits per heavy atom. The van der Waals surface area contributed by atoms with Crippen molar-refractivity contribution in [3.05, 3.63) is 59.2 Å². The molecule has 0 unspecified atom stereocenters. The molecule has 32 heavy (non-hydrogen) atoms. The Bertz CT molecular complexity index is 1090. The second kappa shape index (κ2) is 10.2. The number of hydrogen-bond acceptors (Lipinski definition) is 4. The van der Waals surface area contributed by atoms with Crippen LogP contribution in [0, 0.1) is 13.8 Å². The van der Waals surface area contributed by atoms with Crippen molar-refractivity contribution in [3.63, 3.8) is 0 Å². The fourth-order valence-corrected chi connectivity index (χ4v) is 4.67. The molecule has 2 aromatic carbocycles. The highest BCUT2D eigenvalue weighted by molar-refractivity contribution is 7.92. The van der Waals surface area contributed by atoms with Gasteiger partial charge < -0.3 is 10.2 Å². The van der Waals surface area contributed by atoms with Crippen LogP contribution in [0.15, 0.2) is 42.5 Å². The van der Waals surface area contributed by atoms with Gasteiger partial charge in [0, 0.05) is 13.1 Å². The van der Waals surface area contributed by atoms with E-state index >= 15 is 0 Å². The molecule has 1 heterocycles. The quantitative estimate of drug-likeness (QED) is 0.716. The van der Waals surface area contributed by atoms with Gasteiger partial charge in [0.1, 0.15) is 6.54 Å². The van der Waals surface area contributed by atoms with Crippen molar-refractivity contribution in [1.29, 1.82) is 0 Å². The zero-order valence-corrected chi connectivity index (χ0v) is 19.7. The van der Waals surface area contributed by atoms with Crippen LogP contribution < -0.4 is 9.62 Å². The average Bonchev–Trinajstić information content (AvgIpc) is 3.03. The average molecular weight is 458 g/mol. The summed E-state index contributed by atoms with van der Waals surface area (Å²) in [6, 6.07) is 12.1. The van der Waals surface area contributed by atoms with Crippen LogP contribution in [0.5, 0.6) is 0 Å². The molecule has 1 aliphatic rings. The molecule has 0 aromatic heterocycles. The molecule has 3 rings (SSSR count). The molecular formula is C24H31N3O4S. The van der Waals surface area contributed by atoms with Gasteiger partial charge in [0.2, 0.25) is 15.9 Å². The van der Waals surface area contributed by atoms with Crippen LogP contribution in [0.2, 0.25) is 0 Å². The lowest BCUT2D eigenvalue weighted by molar-refractivity contribution is -0.114. The van der Waals surface area contributed by atoms with Gasteiger partial charge in [0.25, 0.3) is 5.91 Å². The van der Waals surface area contributed by atoms with E-state index in [4.69, 9.17) is 0 Å². The van der Waals surface area contributed by atoms with Gasteiger partial charge >= 0.3 is 0 Å². The fourth-order valence-electron chi connectivity index (χ4n) is 3.82. The van der Waals surface area contributed by atoms with Crippen LogP contribution >= 0.6 is 0 Å². The first-order chi connectivity index (χ1) is 15.2. The molecule has 0 saturated carbocycles. The van der Waals surface area contributed by atoms with Gasteiger partial charge in [0.15, 0.2) is 0 Å². The second-order valence-electron chi connectivity index (χ2n) is 8.34. The molecule has 172 valence electrons. The van der Waals surface area contributed by atoms with Crippen LogP contribution in [0.3, 0.4) is 0 Å². The summed E-state index contributed by atoms with van der Waals surface area (Å²) < 4.78 is 25.9. The van der Waals surface area contributed by atoms with Gasteiger partial charge in [0.05, 0.1) is 23.2 Å². The summed E-state index contributed by atoms with van der Waals surface area (Å²) in [5, 5.41) is 2.75. The highest BCUT2D eigenvalue weighted by Gasteiger charge is 2.24. The van der Waals surface area contributed by atoms with E-state index in [0.717, 1.165) is 47.4 Å². The number of rotatable bonds is 6. The van der Waals surface area contributed by atoms with Crippen LogP contribution in [-0.2, 0) is 14.8 Å². The maximum atomic E-state index is 13.1. The van der Waals surface area contributed by atoms with E-state index in [1.54, 1.807) is 36.4 Å². The number of nitrogens with one attached hydrogen (secondary N) is 1. The van der Waals surface area contributed by atoms with Crippen molar-refractivity contribution >= 4 is 33.2 Å². The maximum absolute atomic E-state index is 13.1. The topological polar surface area (TPSA) is 86.8 Å². The van der Waals surface area contributed by atoms with E-state index in [9.17, 15) is 18.0 Å². The van der Waals surface area contributed by atoms with E-state index in [1.165, 1.54) is 0 Å². The van der Waals surface area contributed by atoms with E-state index in [-0.39, 0.29) is 12.5 Å². The van der Waals surface area contributed by atoms with E-state index in [0.29, 0.717) is 30.0 Å². The molecule has 1 N–H and O–H groups in total. The van der Waals surface area contributed by atoms with Gasteiger partial charge in [-0.2, -0.15) is 0 Å². The number of para-hydroxylation sites is 1. The zero-order chi connectivity index (χ0) is 23.3. The lowest BCUT2D eigenvalue weighted by Crippen LogP contribution is -2.38. The number of benzene rings is 2. The SMILES string of the molecule is Cc1ccc(N(CC(=O)Nc2ccccc2C(=O)N2CCCCCC2)S(C)(=O)=O)cc1C. The number of aryl methyl sites for hydroxylation is 2. The van der Waals surface area contributed by atoms with Gasteiger partial charge in [-0.3, -0.25) is 13.9 Å². The normalized spacial score (nSPS) is 14.5. The molecule has 0 aliphatic carbocycles. The van der Waals surface area contributed by atoms with Crippen LogP contribution in [0.1, 0.15) is 47.2 Å². The molecule has 0 atom stereocenters. The van der Waals surface area contributed by atoms with Gasteiger partial charge in [-0.1, -0.05) is 31.0 Å².